The Balaban J connectivity index is 1.63. The number of carbonyl (C=O) groups excluding carboxylic acids is 2. The zero-order valence-electron chi connectivity index (χ0n) is 18.6. The van der Waals surface area contributed by atoms with Crippen LogP contribution in [0.1, 0.15) is 59.8 Å². The van der Waals surface area contributed by atoms with E-state index in [0.29, 0.717) is 24.8 Å². The molecule has 5 aliphatic rings. The highest BCUT2D eigenvalue weighted by atomic mass is 19.1. The topological polar surface area (TPSA) is 115 Å². The summed E-state index contributed by atoms with van der Waals surface area (Å²) in [6, 6.07) is 0. The minimum absolute atomic E-state index is 0.0247. The first kappa shape index (κ1) is 21.7. The largest absolute Gasteiger partial charge is 0.390 e. The lowest BCUT2D eigenvalue weighted by Gasteiger charge is -2.64. The van der Waals surface area contributed by atoms with Crippen LogP contribution >= 0.6 is 0 Å². The van der Waals surface area contributed by atoms with Crippen molar-refractivity contribution in [2.24, 2.45) is 39.4 Å². The Morgan fingerprint density at radius 3 is 2.45 bits per heavy atom. The van der Waals surface area contributed by atoms with Gasteiger partial charge in [-0.3, -0.25) is 9.59 Å². The highest BCUT2D eigenvalue weighted by Crippen LogP contribution is 2.88. The maximum absolute atomic E-state index is 17.2. The molecule has 0 spiro atoms. The van der Waals surface area contributed by atoms with Gasteiger partial charge in [-0.05, 0) is 54.4 Å². The van der Waals surface area contributed by atoms with Crippen LogP contribution in [-0.4, -0.2) is 56.2 Å². The van der Waals surface area contributed by atoms with Crippen LogP contribution in [0.15, 0.2) is 11.6 Å². The van der Waals surface area contributed by atoms with E-state index >= 15 is 4.39 Å². The van der Waals surface area contributed by atoms with Crippen LogP contribution in [0.5, 0.6) is 0 Å². The Labute approximate surface area is 181 Å². The molecular weight excluding hydrogens is 403 g/mol. The molecule has 0 saturated heterocycles. The van der Waals surface area contributed by atoms with E-state index in [9.17, 15) is 30.0 Å². The molecule has 31 heavy (non-hydrogen) atoms. The van der Waals surface area contributed by atoms with E-state index in [1.165, 1.54) is 0 Å². The highest BCUT2D eigenvalue weighted by molar-refractivity contribution is 5.97. The van der Waals surface area contributed by atoms with Crippen molar-refractivity contribution in [2.45, 2.75) is 77.4 Å². The second-order valence-electron chi connectivity index (χ2n) is 11.9. The summed E-state index contributed by atoms with van der Waals surface area (Å²) in [5.74, 6) is -4.43. The van der Waals surface area contributed by atoms with Crippen LogP contribution in [0.2, 0.25) is 0 Å². The highest BCUT2D eigenvalue weighted by Gasteiger charge is 2.88. The summed E-state index contributed by atoms with van der Waals surface area (Å²) in [5.41, 5.74) is -4.74. The molecule has 0 aromatic heterocycles. The third kappa shape index (κ3) is 2.00. The van der Waals surface area contributed by atoms with E-state index in [1.54, 1.807) is 6.92 Å². The SMILES string of the molecule is CC1(C)[C@@H]2C[C@H]3[C@@H]4CCC5=CC(=O)C(O)(O)C[C@]5(C)[C@@]4(F)[C@@H](O)C[C@]3(C)[C@@]21C(=O)CO. The molecule has 4 fully saturated rings. The van der Waals surface area contributed by atoms with Gasteiger partial charge in [0, 0.05) is 23.2 Å². The molecular formula is C24H33FO6. The molecule has 4 N–H and O–H groups in total. The van der Waals surface area contributed by atoms with Crippen LogP contribution in [0, 0.1) is 39.4 Å². The van der Waals surface area contributed by atoms with Crippen LogP contribution < -0.4 is 0 Å². The summed E-state index contributed by atoms with van der Waals surface area (Å²) in [4.78, 5) is 25.2. The molecule has 8 atom stereocenters. The lowest BCUT2D eigenvalue weighted by atomic mass is 9.42. The monoisotopic (exact) mass is 436 g/mol. The van der Waals surface area contributed by atoms with Crippen molar-refractivity contribution in [2.75, 3.05) is 6.61 Å². The van der Waals surface area contributed by atoms with Gasteiger partial charge in [-0.1, -0.05) is 33.3 Å². The van der Waals surface area contributed by atoms with Crippen LogP contribution in [0.25, 0.3) is 0 Å². The Morgan fingerprint density at radius 1 is 1.19 bits per heavy atom. The molecule has 0 heterocycles. The van der Waals surface area contributed by atoms with E-state index in [4.69, 9.17) is 0 Å². The fourth-order valence-electron chi connectivity index (χ4n) is 9.65. The maximum Gasteiger partial charge on any atom is 0.229 e. The molecule has 0 aliphatic heterocycles. The number of aliphatic hydroxyl groups is 4. The van der Waals surface area contributed by atoms with Crippen molar-refractivity contribution in [1.29, 1.82) is 0 Å². The van der Waals surface area contributed by atoms with Crippen molar-refractivity contribution >= 4 is 11.6 Å². The quantitative estimate of drug-likeness (QED) is 0.490. The summed E-state index contributed by atoms with van der Waals surface area (Å²) < 4.78 is 17.2. The minimum atomic E-state index is -2.66. The first-order valence-electron chi connectivity index (χ1n) is 11.4. The molecule has 172 valence electrons. The van der Waals surface area contributed by atoms with Crippen molar-refractivity contribution in [3.8, 4) is 0 Å². The van der Waals surface area contributed by atoms with Gasteiger partial charge >= 0.3 is 0 Å². The summed E-state index contributed by atoms with van der Waals surface area (Å²) in [7, 11) is 0. The summed E-state index contributed by atoms with van der Waals surface area (Å²) in [5, 5.41) is 41.7. The lowest BCUT2D eigenvalue weighted by molar-refractivity contribution is -0.246. The third-order valence-electron chi connectivity index (χ3n) is 10.8. The Hall–Kier alpha value is -1.15. The van der Waals surface area contributed by atoms with Crippen molar-refractivity contribution in [3.05, 3.63) is 11.6 Å². The Kier molecular flexibility index (Phi) is 3.96. The van der Waals surface area contributed by atoms with Gasteiger partial charge in [0.25, 0.3) is 0 Å². The number of alkyl halides is 1. The van der Waals surface area contributed by atoms with E-state index in [1.807, 2.05) is 20.8 Å². The zero-order chi connectivity index (χ0) is 23.0. The molecule has 0 aromatic carbocycles. The van der Waals surface area contributed by atoms with Gasteiger partial charge in [0.2, 0.25) is 11.6 Å². The molecule has 4 saturated carbocycles. The minimum Gasteiger partial charge on any atom is -0.390 e. The number of halogens is 1. The molecule has 0 bridgehead atoms. The number of aliphatic hydroxyl groups excluding tert-OH is 2. The molecule has 0 amide bonds. The van der Waals surface area contributed by atoms with E-state index in [2.05, 4.69) is 0 Å². The molecule has 6 nitrogen and oxygen atoms in total. The average Bonchev–Trinajstić information content (AvgIpc) is 3.01. The summed E-state index contributed by atoms with van der Waals surface area (Å²) >= 11 is 0. The van der Waals surface area contributed by atoms with Gasteiger partial charge in [0.1, 0.15) is 12.3 Å². The van der Waals surface area contributed by atoms with Gasteiger partial charge in [-0.25, -0.2) is 4.39 Å². The first-order chi connectivity index (χ1) is 14.2. The van der Waals surface area contributed by atoms with Gasteiger partial charge in [0.15, 0.2) is 5.78 Å². The lowest BCUT2D eigenvalue weighted by Crippen LogP contribution is -2.70. The van der Waals surface area contributed by atoms with E-state index < -0.39 is 58.5 Å². The van der Waals surface area contributed by atoms with Crippen LogP contribution in [0.4, 0.5) is 4.39 Å². The van der Waals surface area contributed by atoms with Gasteiger partial charge in [0.05, 0.1) is 6.10 Å². The smallest absolute Gasteiger partial charge is 0.229 e. The van der Waals surface area contributed by atoms with Crippen molar-refractivity contribution < 1.29 is 34.4 Å². The standard InChI is InChI=1S/C24H33FO6/c1-19(2)15-8-14-13-6-5-12-7-16(27)22(30,31)11-21(12,4)24(13,25)17(28)9-20(14,3)23(15,19)18(29)10-26/h7,13-15,17,26,28,30-31H,5-6,8-11H2,1-4H3/t13-,14-,15-,17-,20-,21-,23+,24-/m0/s1. The molecule has 5 aliphatic carbocycles. The summed E-state index contributed by atoms with van der Waals surface area (Å²) in [6.45, 7) is 7.06. The average molecular weight is 437 g/mol. The number of ketones is 2. The first-order valence-corrected chi connectivity index (χ1v) is 11.4. The fourth-order valence-corrected chi connectivity index (χ4v) is 9.65. The third-order valence-corrected chi connectivity index (χ3v) is 10.8. The van der Waals surface area contributed by atoms with Crippen LogP contribution in [-0.2, 0) is 9.59 Å². The van der Waals surface area contributed by atoms with Crippen LogP contribution in [0.3, 0.4) is 0 Å². The second kappa shape index (κ2) is 5.66. The Bertz CT molecular complexity index is 925. The molecule has 0 aromatic rings. The maximum atomic E-state index is 17.2. The molecule has 0 unspecified atom stereocenters. The number of Topliss-reactive ketones (excluding diaryl/α,β-unsaturated/α-hetero) is 1. The predicted octanol–water partition coefficient (Wildman–Crippen LogP) is 1.69. The van der Waals surface area contributed by atoms with Crippen molar-refractivity contribution in [3.63, 3.8) is 0 Å². The zero-order valence-corrected chi connectivity index (χ0v) is 18.6. The van der Waals surface area contributed by atoms with Gasteiger partial charge in [-0.2, -0.15) is 0 Å². The molecule has 7 heteroatoms. The van der Waals surface area contributed by atoms with Crippen molar-refractivity contribution in [1.82, 2.24) is 0 Å². The van der Waals surface area contributed by atoms with Gasteiger partial charge in [-0.15, -0.1) is 0 Å². The number of hydrogen-bond donors (Lipinski definition) is 4. The number of hydrogen-bond acceptors (Lipinski definition) is 6. The second-order valence-corrected chi connectivity index (χ2v) is 11.9. The Morgan fingerprint density at radius 2 is 1.84 bits per heavy atom. The van der Waals surface area contributed by atoms with Gasteiger partial charge < -0.3 is 20.4 Å². The normalized spacial score (nSPS) is 53.6. The predicted molar refractivity (Wildman–Crippen MR) is 108 cm³/mol. The van der Waals surface area contributed by atoms with E-state index in [0.717, 1.165) is 6.08 Å². The number of allylic oxidation sites excluding steroid dienone is 1. The summed E-state index contributed by atoms with van der Waals surface area (Å²) in [6.07, 6.45) is 0.843. The van der Waals surface area contributed by atoms with E-state index in [-0.39, 0.29) is 29.5 Å². The number of fused-ring (bicyclic) bond motifs is 7. The number of carbonyl (C=O) groups is 2. The number of rotatable bonds is 2. The molecule has 0 radical (unpaired) electrons. The molecule has 5 rings (SSSR count). The fraction of sp³-hybridized carbons (Fsp3) is 0.833.